The van der Waals surface area contributed by atoms with Gasteiger partial charge in [0.2, 0.25) is 0 Å². The highest BCUT2D eigenvalue weighted by Gasteiger charge is 2.35. The molecule has 0 saturated carbocycles. The Bertz CT molecular complexity index is 1730. The fourth-order valence-electron chi connectivity index (χ4n) is 4.55. The maximum absolute atomic E-state index is 12.9. The van der Waals surface area contributed by atoms with E-state index in [4.69, 9.17) is 16.1 Å². The number of nitrogens with one attached hydrogen (secondary N) is 1. The summed E-state index contributed by atoms with van der Waals surface area (Å²) < 4.78 is 5.67. The third-order valence-electron chi connectivity index (χ3n) is 6.27. The molecule has 174 valence electrons. The Morgan fingerprint density at radius 2 is 1.78 bits per heavy atom. The lowest BCUT2D eigenvalue weighted by atomic mass is 10.0. The van der Waals surface area contributed by atoms with E-state index in [1.54, 1.807) is 12.1 Å². The van der Waals surface area contributed by atoms with E-state index in [0.717, 1.165) is 33.0 Å². The van der Waals surface area contributed by atoms with Crippen LogP contribution in [0.5, 0.6) is 0 Å². The average molecular weight is 509 g/mol. The van der Waals surface area contributed by atoms with Gasteiger partial charge in [0, 0.05) is 16.0 Å². The van der Waals surface area contributed by atoms with Crippen LogP contribution in [0.4, 0.5) is 5.69 Å². The van der Waals surface area contributed by atoms with Crippen molar-refractivity contribution in [2.24, 2.45) is 0 Å². The van der Waals surface area contributed by atoms with E-state index in [2.05, 4.69) is 23.1 Å². The number of nitrogens with zero attached hydrogens (tertiary/aromatic N) is 3. The van der Waals surface area contributed by atoms with E-state index in [-0.39, 0.29) is 10.6 Å². The van der Waals surface area contributed by atoms with Crippen molar-refractivity contribution in [1.29, 1.82) is 5.26 Å². The molecule has 6 nitrogen and oxygen atoms in total. The molecule has 8 heteroatoms. The normalized spacial score (nSPS) is 15.9. The summed E-state index contributed by atoms with van der Waals surface area (Å²) in [6.07, 6.45) is -0.620. The second kappa shape index (κ2) is 8.76. The van der Waals surface area contributed by atoms with Crippen molar-refractivity contribution in [1.82, 2.24) is 10.5 Å². The summed E-state index contributed by atoms with van der Waals surface area (Å²) in [7, 11) is 0. The van der Waals surface area contributed by atoms with Gasteiger partial charge < -0.3 is 14.7 Å². The number of halogens is 1. The molecule has 1 atom stereocenters. The summed E-state index contributed by atoms with van der Waals surface area (Å²) in [5, 5.41) is 20.6. The van der Waals surface area contributed by atoms with Crippen molar-refractivity contribution in [3.8, 4) is 17.4 Å². The predicted octanol–water partition coefficient (Wildman–Crippen LogP) is 6.60. The first-order chi connectivity index (χ1) is 17.5. The molecule has 4 aromatic carbocycles. The molecular weight excluding hydrogens is 492 g/mol. The van der Waals surface area contributed by atoms with Gasteiger partial charge in [0.05, 0.1) is 16.1 Å². The Balaban J connectivity index is 1.55. The standard InChI is InChI=1S/C28H17ClN4O2S/c29-19-11-8-17(9-12-19)25-21-14-18(10-13-23(21)32-35-25)26-31-27(34)22(15-30)28(36)33(26)24-7-3-5-16-4-1-2-6-20(16)24/h1-14,26,36H,(H,31,34). The third kappa shape index (κ3) is 3.59. The smallest absolute Gasteiger partial charge is 0.266 e. The number of aromatic nitrogens is 1. The van der Waals surface area contributed by atoms with Crippen molar-refractivity contribution < 1.29 is 9.32 Å². The van der Waals surface area contributed by atoms with E-state index in [1.807, 2.05) is 83.8 Å². The number of hydrogen-bond donors (Lipinski definition) is 2. The maximum atomic E-state index is 12.9. The quantitative estimate of drug-likeness (QED) is 0.268. The van der Waals surface area contributed by atoms with Gasteiger partial charge in [0.1, 0.15) is 23.3 Å². The van der Waals surface area contributed by atoms with Gasteiger partial charge >= 0.3 is 0 Å². The highest BCUT2D eigenvalue weighted by molar-refractivity contribution is 7.84. The Morgan fingerprint density at radius 3 is 2.58 bits per heavy atom. The minimum absolute atomic E-state index is 0.0459. The minimum Gasteiger partial charge on any atom is -0.355 e. The molecule has 1 aromatic heterocycles. The molecule has 1 amide bonds. The molecule has 1 unspecified atom stereocenters. The highest BCUT2D eigenvalue weighted by atomic mass is 35.5. The first kappa shape index (κ1) is 22.2. The zero-order chi connectivity index (χ0) is 24.8. The van der Waals surface area contributed by atoms with E-state index in [9.17, 15) is 10.1 Å². The first-order valence-corrected chi connectivity index (χ1v) is 11.9. The summed E-state index contributed by atoms with van der Waals surface area (Å²) >= 11 is 10.7. The van der Waals surface area contributed by atoms with Crippen molar-refractivity contribution in [2.75, 3.05) is 4.90 Å². The Morgan fingerprint density at radius 1 is 1.00 bits per heavy atom. The molecule has 0 bridgehead atoms. The van der Waals surface area contributed by atoms with Crippen LogP contribution in [0.15, 0.2) is 100 Å². The van der Waals surface area contributed by atoms with Crippen molar-refractivity contribution in [3.63, 3.8) is 0 Å². The topological polar surface area (TPSA) is 82.2 Å². The van der Waals surface area contributed by atoms with Crippen LogP contribution < -0.4 is 10.2 Å². The van der Waals surface area contributed by atoms with Gasteiger partial charge in [-0.05, 0) is 53.4 Å². The molecule has 1 aliphatic rings. The van der Waals surface area contributed by atoms with Crippen molar-refractivity contribution in [2.45, 2.75) is 6.17 Å². The number of carbonyl (C=O) groups excluding carboxylic acids is 1. The molecule has 2 heterocycles. The number of benzene rings is 4. The van der Waals surface area contributed by atoms with Crippen LogP contribution >= 0.6 is 24.2 Å². The van der Waals surface area contributed by atoms with Crippen LogP contribution in [0.1, 0.15) is 11.7 Å². The summed E-state index contributed by atoms with van der Waals surface area (Å²) in [6, 6.07) is 28.9. The van der Waals surface area contributed by atoms with Gasteiger partial charge in [-0.2, -0.15) is 5.26 Å². The number of anilines is 1. The van der Waals surface area contributed by atoms with Gasteiger partial charge in [0.25, 0.3) is 5.91 Å². The number of rotatable bonds is 3. The number of carbonyl (C=O) groups is 1. The largest absolute Gasteiger partial charge is 0.355 e. The van der Waals surface area contributed by atoms with Gasteiger partial charge in [0.15, 0.2) is 5.76 Å². The fraction of sp³-hybridized carbons (Fsp3) is 0.0357. The zero-order valence-corrected chi connectivity index (χ0v) is 20.3. The molecule has 0 spiro atoms. The molecule has 0 fully saturated rings. The Hall–Kier alpha value is -4.25. The van der Waals surface area contributed by atoms with Gasteiger partial charge in [-0.15, -0.1) is 12.6 Å². The summed E-state index contributed by atoms with van der Waals surface area (Å²) in [6.45, 7) is 0. The first-order valence-electron chi connectivity index (χ1n) is 11.1. The van der Waals surface area contributed by atoms with Crippen LogP contribution in [0.25, 0.3) is 33.0 Å². The monoisotopic (exact) mass is 508 g/mol. The number of nitriles is 1. The van der Waals surface area contributed by atoms with E-state index >= 15 is 0 Å². The Labute approximate surface area is 216 Å². The fourth-order valence-corrected chi connectivity index (χ4v) is 5.05. The van der Waals surface area contributed by atoms with Crippen LogP contribution in [-0.2, 0) is 4.79 Å². The van der Waals surface area contributed by atoms with E-state index in [0.29, 0.717) is 16.3 Å². The molecule has 0 radical (unpaired) electrons. The SMILES string of the molecule is N#CC1=C(S)N(c2cccc3ccccc23)C(c2ccc3noc(-c4ccc(Cl)cc4)c3c2)NC1=O. The lowest BCUT2D eigenvalue weighted by Crippen LogP contribution is -2.46. The van der Waals surface area contributed by atoms with Crippen LogP contribution in [0.3, 0.4) is 0 Å². The number of amides is 1. The number of hydrogen-bond acceptors (Lipinski definition) is 6. The molecule has 5 aromatic rings. The summed E-state index contributed by atoms with van der Waals surface area (Å²) in [5.74, 6) is 0.119. The average Bonchev–Trinajstić information content (AvgIpc) is 3.32. The van der Waals surface area contributed by atoms with Crippen LogP contribution in [0, 0.1) is 11.3 Å². The molecule has 0 aliphatic carbocycles. The highest BCUT2D eigenvalue weighted by Crippen LogP contribution is 2.40. The van der Waals surface area contributed by atoms with Gasteiger partial charge in [-0.25, -0.2) is 0 Å². The van der Waals surface area contributed by atoms with Crippen molar-refractivity contribution >= 4 is 57.5 Å². The molecular formula is C28H17ClN4O2S. The maximum Gasteiger partial charge on any atom is 0.266 e. The van der Waals surface area contributed by atoms with E-state index in [1.165, 1.54) is 0 Å². The molecule has 6 rings (SSSR count). The predicted molar refractivity (Wildman–Crippen MR) is 143 cm³/mol. The van der Waals surface area contributed by atoms with Crippen LogP contribution in [0.2, 0.25) is 5.02 Å². The second-order valence-corrected chi connectivity index (χ2v) is 9.21. The molecule has 36 heavy (non-hydrogen) atoms. The molecule has 1 N–H and O–H groups in total. The minimum atomic E-state index is -0.620. The van der Waals surface area contributed by atoms with Crippen LogP contribution in [-0.4, -0.2) is 11.1 Å². The lowest BCUT2D eigenvalue weighted by molar-refractivity contribution is -0.118. The number of fused-ring (bicyclic) bond motifs is 2. The number of thiol groups is 1. The summed E-state index contributed by atoms with van der Waals surface area (Å²) in [5.41, 5.74) is 3.07. The zero-order valence-electron chi connectivity index (χ0n) is 18.6. The van der Waals surface area contributed by atoms with Gasteiger partial charge in [-0.1, -0.05) is 59.2 Å². The van der Waals surface area contributed by atoms with Crippen molar-refractivity contribution in [3.05, 3.63) is 106 Å². The van der Waals surface area contributed by atoms with Gasteiger partial charge in [-0.3, -0.25) is 4.79 Å². The van der Waals surface area contributed by atoms with E-state index < -0.39 is 12.1 Å². The third-order valence-corrected chi connectivity index (χ3v) is 6.96. The summed E-state index contributed by atoms with van der Waals surface area (Å²) in [4.78, 5) is 14.8. The second-order valence-electron chi connectivity index (χ2n) is 8.35. The molecule has 1 aliphatic heterocycles. The lowest BCUT2D eigenvalue weighted by Gasteiger charge is -2.38. The molecule has 0 saturated heterocycles. The Kier molecular flexibility index (Phi) is 5.41.